The van der Waals surface area contributed by atoms with Crippen molar-refractivity contribution in [3.05, 3.63) is 64.5 Å². The van der Waals surface area contributed by atoms with Gasteiger partial charge in [0.1, 0.15) is 5.84 Å². The maximum absolute atomic E-state index is 12.1. The Bertz CT molecular complexity index is 900. The van der Waals surface area contributed by atoms with Gasteiger partial charge in [-0.2, -0.15) is 0 Å². The van der Waals surface area contributed by atoms with Crippen LogP contribution in [0.2, 0.25) is 0 Å². The lowest BCUT2D eigenvalue weighted by molar-refractivity contribution is -0.115. The number of thiophene rings is 1. The van der Waals surface area contributed by atoms with Crippen molar-refractivity contribution in [1.29, 1.82) is 5.41 Å². The van der Waals surface area contributed by atoms with Gasteiger partial charge in [-0.1, -0.05) is 6.07 Å². The number of benzene rings is 1. The molecule has 3 N–H and O–H groups in total. The van der Waals surface area contributed by atoms with Gasteiger partial charge < -0.3 is 20.0 Å². The summed E-state index contributed by atoms with van der Waals surface area (Å²) in [6.45, 7) is 0.462. The second-order valence-electron chi connectivity index (χ2n) is 5.63. The first kappa shape index (κ1) is 15.5. The van der Waals surface area contributed by atoms with Gasteiger partial charge in [0, 0.05) is 16.3 Å². The van der Waals surface area contributed by atoms with Gasteiger partial charge in [-0.25, -0.2) is 0 Å². The highest BCUT2D eigenvalue weighted by Gasteiger charge is 2.24. The Kier molecular flexibility index (Phi) is 3.99. The standard InChI is InChI=1S/C18H16N4O2S/c19-17-15-7-8-24-18(15)20-11-22(17)13-5-3-12(4-6-13)21-16(23)10-14-2-1-9-25-14/h1-9,19-20H,10-11H2,(H,21,23). The molecular formula is C18H16N4O2S. The van der Waals surface area contributed by atoms with Crippen LogP contribution in [0, 0.1) is 5.41 Å². The van der Waals surface area contributed by atoms with Gasteiger partial charge in [0.2, 0.25) is 11.8 Å². The van der Waals surface area contributed by atoms with E-state index in [1.54, 1.807) is 23.7 Å². The number of nitrogens with zero attached hydrogens (tertiary/aromatic N) is 1. The molecule has 0 fully saturated rings. The van der Waals surface area contributed by atoms with E-state index in [0.29, 0.717) is 24.8 Å². The van der Waals surface area contributed by atoms with E-state index in [4.69, 9.17) is 9.83 Å². The number of fused-ring (bicyclic) bond motifs is 1. The largest absolute Gasteiger partial charge is 0.448 e. The van der Waals surface area contributed by atoms with E-state index in [1.165, 1.54) is 0 Å². The van der Waals surface area contributed by atoms with E-state index in [-0.39, 0.29) is 5.91 Å². The van der Waals surface area contributed by atoms with Crippen LogP contribution in [0.5, 0.6) is 0 Å². The quantitative estimate of drug-likeness (QED) is 0.668. The highest BCUT2D eigenvalue weighted by Crippen LogP contribution is 2.27. The predicted molar refractivity (Wildman–Crippen MR) is 99.6 cm³/mol. The molecule has 0 saturated carbocycles. The lowest BCUT2D eigenvalue weighted by Crippen LogP contribution is -2.39. The molecule has 0 radical (unpaired) electrons. The minimum absolute atomic E-state index is 0.0365. The van der Waals surface area contributed by atoms with Crippen LogP contribution in [0.3, 0.4) is 0 Å². The zero-order valence-corrected chi connectivity index (χ0v) is 14.1. The highest BCUT2D eigenvalue weighted by molar-refractivity contribution is 7.10. The van der Waals surface area contributed by atoms with Crippen LogP contribution >= 0.6 is 11.3 Å². The number of anilines is 3. The molecule has 0 spiro atoms. The van der Waals surface area contributed by atoms with Gasteiger partial charge in [-0.3, -0.25) is 10.2 Å². The zero-order chi connectivity index (χ0) is 17.2. The predicted octanol–water partition coefficient (Wildman–Crippen LogP) is 3.74. The maximum Gasteiger partial charge on any atom is 0.229 e. The molecule has 0 bridgehead atoms. The number of carbonyl (C=O) groups excluding carboxylic acids is 1. The average Bonchev–Trinajstić information content (AvgIpc) is 3.28. The summed E-state index contributed by atoms with van der Waals surface area (Å²) in [4.78, 5) is 14.9. The van der Waals surface area contributed by atoms with E-state index in [1.807, 2.05) is 46.7 Å². The van der Waals surface area contributed by atoms with Crippen molar-refractivity contribution in [1.82, 2.24) is 0 Å². The van der Waals surface area contributed by atoms with E-state index in [9.17, 15) is 4.79 Å². The second kappa shape index (κ2) is 6.45. The maximum atomic E-state index is 12.1. The van der Waals surface area contributed by atoms with Crippen molar-refractivity contribution in [2.75, 3.05) is 22.2 Å². The van der Waals surface area contributed by atoms with Gasteiger partial charge in [0.25, 0.3) is 0 Å². The van der Waals surface area contributed by atoms with Gasteiger partial charge in [-0.05, 0) is 41.8 Å². The Labute approximate surface area is 148 Å². The number of carbonyl (C=O) groups is 1. The first-order valence-electron chi connectivity index (χ1n) is 7.81. The lowest BCUT2D eigenvalue weighted by Gasteiger charge is -2.29. The number of amides is 1. The Morgan fingerprint density at radius 3 is 2.88 bits per heavy atom. The third-order valence-electron chi connectivity index (χ3n) is 3.97. The summed E-state index contributed by atoms with van der Waals surface area (Å²) in [5, 5.41) is 16.3. The Morgan fingerprint density at radius 2 is 2.12 bits per heavy atom. The number of hydrogen-bond acceptors (Lipinski definition) is 5. The third kappa shape index (κ3) is 3.14. The molecule has 3 heterocycles. The van der Waals surface area contributed by atoms with Crippen LogP contribution in [0.25, 0.3) is 0 Å². The number of rotatable bonds is 4. The Balaban J connectivity index is 1.44. The first-order valence-corrected chi connectivity index (χ1v) is 8.69. The summed E-state index contributed by atoms with van der Waals surface area (Å²) in [6.07, 6.45) is 1.95. The molecule has 25 heavy (non-hydrogen) atoms. The van der Waals surface area contributed by atoms with Crippen molar-refractivity contribution in [3.8, 4) is 0 Å². The fraction of sp³-hybridized carbons (Fsp3) is 0.111. The average molecular weight is 352 g/mol. The molecule has 1 aromatic carbocycles. The molecule has 126 valence electrons. The fourth-order valence-corrected chi connectivity index (χ4v) is 3.43. The molecule has 4 rings (SSSR count). The van der Waals surface area contributed by atoms with E-state index < -0.39 is 0 Å². The van der Waals surface area contributed by atoms with Crippen LogP contribution in [-0.2, 0) is 11.2 Å². The topological polar surface area (TPSA) is 81.4 Å². The molecule has 0 atom stereocenters. The van der Waals surface area contributed by atoms with Crippen molar-refractivity contribution in [3.63, 3.8) is 0 Å². The smallest absolute Gasteiger partial charge is 0.229 e. The minimum atomic E-state index is -0.0365. The van der Waals surface area contributed by atoms with Crippen LogP contribution in [0.15, 0.2) is 58.5 Å². The fourth-order valence-electron chi connectivity index (χ4n) is 2.73. The van der Waals surface area contributed by atoms with Crippen molar-refractivity contribution in [2.24, 2.45) is 0 Å². The summed E-state index contributed by atoms with van der Waals surface area (Å²) in [6, 6.07) is 13.1. The molecule has 7 heteroatoms. The van der Waals surface area contributed by atoms with E-state index in [0.717, 1.165) is 21.8 Å². The van der Waals surface area contributed by atoms with Crippen LogP contribution in [0.4, 0.5) is 17.3 Å². The van der Waals surface area contributed by atoms with Crippen molar-refractivity contribution >= 4 is 40.3 Å². The Morgan fingerprint density at radius 1 is 1.28 bits per heavy atom. The summed E-state index contributed by atoms with van der Waals surface area (Å²) >= 11 is 1.57. The van der Waals surface area contributed by atoms with Gasteiger partial charge >= 0.3 is 0 Å². The van der Waals surface area contributed by atoms with Crippen LogP contribution in [-0.4, -0.2) is 18.4 Å². The molecule has 3 aromatic rings. The van der Waals surface area contributed by atoms with Gasteiger partial charge in [0.05, 0.1) is 24.9 Å². The summed E-state index contributed by atoms with van der Waals surface area (Å²) in [5.74, 6) is 0.973. The molecule has 0 unspecified atom stereocenters. The molecule has 0 saturated heterocycles. The number of hydrogen-bond donors (Lipinski definition) is 3. The third-order valence-corrected chi connectivity index (χ3v) is 4.84. The van der Waals surface area contributed by atoms with Crippen molar-refractivity contribution in [2.45, 2.75) is 6.42 Å². The zero-order valence-electron chi connectivity index (χ0n) is 13.3. The van der Waals surface area contributed by atoms with Gasteiger partial charge in [-0.15, -0.1) is 11.3 Å². The highest BCUT2D eigenvalue weighted by atomic mass is 32.1. The molecule has 6 nitrogen and oxygen atoms in total. The first-order chi connectivity index (χ1) is 12.2. The van der Waals surface area contributed by atoms with Crippen molar-refractivity contribution < 1.29 is 9.21 Å². The summed E-state index contributed by atoms with van der Waals surface area (Å²) in [5.41, 5.74) is 2.35. The van der Waals surface area contributed by atoms with E-state index in [2.05, 4.69) is 10.6 Å². The molecule has 2 aromatic heterocycles. The lowest BCUT2D eigenvalue weighted by atomic mass is 10.2. The molecule has 0 aliphatic carbocycles. The monoisotopic (exact) mass is 352 g/mol. The summed E-state index contributed by atoms with van der Waals surface area (Å²) in [7, 11) is 0. The summed E-state index contributed by atoms with van der Waals surface area (Å²) < 4.78 is 5.29. The van der Waals surface area contributed by atoms with Crippen LogP contribution < -0.4 is 15.5 Å². The molecule has 1 aliphatic rings. The molecule has 1 amide bonds. The number of nitrogens with one attached hydrogen (secondary N) is 3. The molecule has 1 aliphatic heterocycles. The minimum Gasteiger partial charge on any atom is -0.448 e. The van der Waals surface area contributed by atoms with Crippen LogP contribution in [0.1, 0.15) is 10.4 Å². The molecular weight excluding hydrogens is 336 g/mol. The normalized spacial score (nSPS) is 13.3. The SMILES string of the molecule is N=C1c2ccoc2NCN1c1ccc(NC(=O)Cc2cccs2)cc1. The second-order valence-corrected chi connectivity index (χ2v) is 6.66. The van der Waals surface area contributed by atoms with E-state index >= 15 is 0 Å². The number of amidine groups is 1. The van der Waals surface area contributed by atoms with Gasteiger partial charge in [0.15, 0.2) is 0 Å². The Hall–Kier alpha value is -3.06. The number of furan rings is 1.